The molecule has 0 unspecified atom stereocenters. The molecule has 0 saturated heterocycles. The zero-order valence-electron chi connectivity index (χ0n) is 9.62. The summed E-state index contributed by atoms with van der Waals surface area (Å²) in [5.41, 5.74) is 7.87. The Kier molecular flexibility index (Phi) is 2.73. The van der Waals surface area contributed by atoms with Crippen LogP contribution in [0.5, 0.6) is 5.75 Å². The van der Waals surface area contributed by atoms with Crippen LogP contribution in [0, 0.1) is 0 Å². The highest BCUT2D eigenvalue weighted by Crippen LogP contribution is 2.36. The molecule has 0 radical (unpaired) electrons. The summed E-state index contributed by atoms with van der Waals surface area (Å²) < 4.78 is 5.29. The van der Waals surface area contributed by atoms with Gasteiger partial charge in [-0.25, -0.2) is 0 Å². The number of methoxy groups -OCH3 is 1. The number of anilines is 2. The second kappa shape index (κ2) is 4.04. The lowest BCUT2D eigenvalue weighted by atomic mass is 10.0. The van der Waals surface area contributed by atoms with Gasteiger partial charge in [0.05, 0.1) is 12.8 Å². The first-order valence-electron chi connectivity index (χ1n) is 5.35. The molecule has 0 saturated carbocycles. The quantitative estimate of drug-likeness (QED) is 0.732. The number of carbonyl (C=O) groups excluding carboxylic acids is 1. The summed E-state index contributed by atoms with van der Waals surface area (Å²) in [7, 11) is 3.56. The Labute approximate surface area is 95.0 Å². The fourth-order valence-electron chi connectivity index (χ4n) is 2.11. The molecule has 0 spiro atoms. The van der Waals surface area contributed by atoms with Gasteiger partial charge in [-0.05, 0) is 12.5 Å². The molecule has 0 fully saturated rings. The van der Waals surface area contributed by atoms with E-state index >= 15 is 0 Å². The number of ether oxygens (including phenoxy) is 1. The highest BCUT2D eigenvalue weighted by Gasteiger charge is 2.22. The van der Waals surface area contributed by atoms with Crippen molar-refractivity contribution in [1.29, 1.82) is 0 Å². The molecule has 1 heterocycles. The number of hydrogen-bond acceptors (Lipinski definition) is 4. The van der Waals surface area contributed by atoms with Gasteiger partial charge in [0.25, 0.3) is 0 Å². The van der Waals surface area contributed by atoms with Crippen LogP contribution in [0.2, 0.25) is 0 Å². The molecule has 0 amide bonds. The first-order valence-corrected chi connectivity index (χ1v) is 5.35. The number of rotatable bonds is 1. The van der Waals surface area contributed by atoms with Gasteiger partial charge >= 0.3 is 0 Å². The van der Waals surface area contributed by atoms with Crippen LogP contribution in [0.25, 0.3) is 0 Å². The third-order valence-electron chi connectivity index (χ3n) is 2.90. The maximum Gasteiger partial charge on any atom is 0.165 e. The molecule has 2 rings (SSSR count). The lowest BCUT2D eigenvalue weighted by Crippen LogP contribution is -2.18. The van der Waals surface area contributed by atoms with Crippen molar-refractivity contribution in [1.82, 2.24) is 0 Å². The maximum atomic E-state index is 11.9. The van der Waals surface area contributed by atoms with Gasteiger partial charge in [0.15, 0.2) is 5.78 Å². The van der Waals surface area contributed by atoms with E-state index in [0.717, 1.165) is 18.7 Å². The zero-order chi connectivity index (χ0) is 11.7. The van der Waals surface area contributed by atoms with E-state index in [1.165, 1.54) is 0 Å². The highest BCUT2D eigenvalue weighted by molar-refractivity contribution is 6.04. The summed E-state index contributed by atoms with van der Waals surface area (Å²) in [5, 5.41) is 0. The van der Waals surface area contributed by atoms with Gasteiger partial charge < -0.3 is 15.4 Å². The number of carbonyl (C=O) groups is 1. The topological polar surface area (TPSA) is 55.6 Å². The van der Waals surface area contributed by atoms with Crippen molar-refractivity contribution in [2.24, 2.45) is 0 Å². The summed E-state index contributed by atoms with van der Waals surface area (Å²) in [6.07, 6.45) is 1.44. The third kappa shape index (κ3) is 1.71. The van der Waals surface area contributed by atoms with Crippen LogP contribution < -0.4 is 15.4 Å². The number of ketones is 1. The minimum Gasteiger partial charge on any atom is -0.494 e. The molecule has 86 valence electrons. The molecule has 2 N–H and O–H groups in total. The van der Waals surface area contributed by atoms with Gasteiger partial charge in [0, 0.05) is 37.3 Å². The fraction of sp³-hybridized carbons (Fsp3) is 0.417. The predicted molar refractivity (Wildman–Crippen MR) is 64.2 cm³/mol. The van der Waals surface area contributed by atoms with Crippen LogP contribution in [0.4, 0.5) is 11.4 Å². The van der Waals surface area contributed by atoms with E-state index in [-0.39, 0.29) is 5.78 Å². The maximum absolute atomic E-state index is 11.9. The Morgan fingerprint density at radius 1 is 1.44 bits per heavy atom. The number of nitrogens with two attached hydrogens (primary N) is 1. The Morgan fingerprint density at radius 3 is 2.88 bits per heavy atom. The highest BCUT2D eigenvalue weighted by atomic mass is 16.5. The van der Waals surface area contributed by atoms with Crippen LogP contribution in [0.3, 0.4) is 0 Å². The van der Waals surface area contributed by atoms with E-state index in [4.69, 9.17) is 10.5 Å². The number of Topliss-reactive ketones (excluding diaryl/α,β-unsaturated/α-hetero) is 1. The van der Waals surface area contributed by atoms with Gasteiger partial charge in [-0.15, -0.1) is 0 Å². The molecular weight excluding hydrogens is 204 g/mol. The van der Waals surface area contributed by atoms with Gasteiger partial charge in [-0.1, -0.05) is 0 Å². The average molecular weight is 220 g/mol. The monoisotopic (exact) mass is 220 g/mol. The lowest BCUT2D eigenvalue weighted by molar-refractivity contribution is 0.0983. The summed E-state index contributed by atoms with van der Waals surface area (Å²) in [6.45, 7) is 0.860. The Balaban J connectivity index is 2.64. The van der Waals surface area contributed by atoms with E-state index in [1.807, 2.05) is 7.05 Å². The van der Waals surface area contributed by atoms with Crippen molar-refractivity contribution in [3.05, 3.63) is 17.7 Å². The van der Waals surface area contributed by atoms with Gasteiger partial charge in [-0.2, -0.15) is 0 Å². The molecule has 1 aromatic rings. The summed E-state index contributed by atoms with van der Waals surface area (Å²) in [6, 6.07) is 3.50. The molecule has 16 heavy (non-hydrogen) atoms. The smallest absolute Gasteiger partial charge is 0.165 e. The molecule has 0 bridgehead atoms. The van der Waals surface area contributed by atoms with Crippen LogP contribution in [-0.4, -0.2) is 26.5 Å². The SMILES string of the molecule is COc1cc(N)cc2c1N(C)CCCC2=O. The zero-order valence-corrected chi connectivity index (χ0v) is 9.62. The normalized spacial score (nSPS) is 15.6. The van der Waals surface area contributed by atoms with Gasteiger partial charge in [0.2, 0.25) is 0 Å². The minimum atomic E-state index is 0.143. The Bertz CT molecular complexity index is 429. The standard InChI is InChI=1S/C12H16N2O2/c1-14-5-3-4-10(15)9-6-8(13)7-11(16-2)12(9)14/h6-7H,3-5,13H2,1-2H3. The van der Waals surface area contributed by atoms with Crippen molar-refractivity contribution in [2.75, 3.05) is 31.3 Å². The van der Waals surface area contributed by atoms with Crippen molar-refractivity contribution >= 4 is 17.2 Å². The summed E-state index contributed by atoms with van der Waals surface area (Å²) in [4.78, 5) is 14.0. The summed E-state index contributed by atoms with van der Waals surface area (Å²) in [5.74, 6) is 0.817. The van der Waals surface area contributed by atoms with Gasteiger partial charge in [0.1, 0.15) is 5.75 Å². The van der Waals surface area contributed by atoms with Crippen LogP contribution in [-0.2, 0) is 0 Å². The molecule has 4 nitrogen and oxygen atoms in total. The predicted octanol–water partition coefficient (Wildman–Crippen LogP) is 1.69. The van der Waals surface area contributed by atoms with E-state index < -0.39 is 0 Å². The largest absolute Gasteiger partial charge is 0.494 e. The van der Waals surface area contributed by atoms with E-state index in [9.17, 15) is 4.79 Å². The molecule has 0 aliphatic carbocycles. The average Bonchev–Trinajstić information content (AvgIpc) is 2.39. The molecular formula is C12H16N2O2. The molecule has 0 atom stereocenters. The van der Waals surface area contributed by atoms with Crippen molar-refractivity contribution < 1.29 is 9.53 Å². The molecule has 1 aromatic carbocycles. The number of fused-ring (bicyclic) bond motifs is 1. The van der Waals surface area contributed by atoms with Gasteiger partial charge in [-0.3, -0.25) is 4.79 Å². The first kappa shape index (κ1) is 10.8. The number of nitrogens with zero attached hydrogens (tertiary/aromatic N) is 1. The molecule has 1 aliphatic heterocycles. The third-order valence-corrected chi connectivity index (χ3v) is 2.90. The Hall–Kier alpha value is -1.71. The number of nitrogen functional groups attached to an aromatic ring is 1. The summed E-state index contributed by atoms with van der Waals surface area (Å²) >= 11 is 0. The first-order chi connectivity index (χ1) is 7.63. The van der Waals surface area contributed by atoms with Crippen molar-refractivity contribution in [2.45, 2.75) is 12.8 Å². The van der Waals surface area contributed by atoms with E-state index in [2.05, 4.69) is 4.90 Å². The van der Waals surface area contributed by atoms with E-state index in [1.54, 1.807) is 19.2 Å². The van der Waals surface area contributed by atoms with E-state index in [0.29, 0.717) is 23.4 Å². The fourth-order valence-corrected chi connectivity index (χ4v) is 2.11. The number of hydrogen-bond donors (Lipinski definition) is 1. The second-order valence-electron chi connectivity index (χ2n) is 4.07. The second-order valence-corrected chi connectivity index (χ2v) is 4.07. The molecule has 0 aromatic heterocycles. The van der Waals surface area contributed by atoms with Crippen LogP contribution in [0.15, 0.2) is 12.1 Å². The van der Waals surface area contributed by atoms with Crippen molar-refractivity contribution in [3.8, 4) is 5.75 Å². The van der Waals surface area contributed by atoms with Crippen LogP contribution >= 0.6 is 0 Å². The molecule has 4 heteroatoms. The lowest BCUT2D eigenvalue weighted by Gasteiger charge is -2.21. The van der Waals surface area contributed by atoms with Crippen LogP contribution in [0.1, 0.15) is 23.2 Å². The molecule has 1 aliphatic rings. The number of benzene rings is 1. The van der Waals surface area contributed by atoms with Crippen molar-refractivity contribution in [3.63, 3.8) is 0 Å². The Morgan fingerprint density at radius 2 is 2.19 bits per heavy atom. The minimum absolute atomic E-state index is 0.143.